The van der Waals surface area contributed by atoms with Gasteiger partial charge in [-0.3, -0.25) is 9.36 Å². The summed E-state index contributed by atoms with van der Waals surface area (Å²) in [5, 5.41) is 19.0. The highest BCUT2D eigenvalue weighted by Crippen LogP contribution is 2.26. The van der Waals surface area contributed by atoms with Gasteiger partial charge in [0.25, 0.3) is 0 Å². The van der Waals surface area contributed by atoms with Crippen molar-refractivity contribution in [1.29, 1.82) is 0 Å². The molecule has 0 saturated heterocycles. The molecule has 0 amide bonds. The molecule has 0 saturated carbocycles. The predicted molar refractivity (Wildman–Crippen MR) is 76.9 cm³/mol. The average molecular weight is 327 g/mol. The fourth-order valence-electron chi connectivity index (χ4n) is 2.24. The molecular weight excluding hydrogens is 308 g/mol. The third kappa shape index (κ3) is 2.74. The second-order valence-electron chi connectivity index (χ2n) is 4.45. The molecule has 0 aliphatic carbocycles. The smallest absolute Gasteiger partial charge is 0.101 e. The number of aliphatic hydroxyl groups is 1. The molecule has 1 unspecified atom stereocenters. The topological polar surface area (TPSA) is 55.9 Å². The van der Waals surface area contributed by atoms with Gasteiger partial charge in [-0.2, -0.15) is 10.2 Å². The molecule has 2 aromatic rings. The summed E-state index contributed by atoms with van der Waals surface area (Å²) in [5.41, 5.74) is 2.82. The molecule has 1 atom stereocenters. The molecule has 1 N–H and O–H groups in total. The fourth-order valence-corrected chi connectivity index (χ4v) is 2.69. The Kier molecular flexibility index (Phi) is 4.42. The van der Waals surface area contributed by atoms with Crippen LogP contribution in [0.25, 0.3) is 0 Å². The molecule has 0 bridgehead atoms. The van der Waals surface area contributed by atoms with E-state index in [2.05, 4.69) is 26.1 Å². The normalized spacial score (nSPS) is 12.9. The summed E-state index contributed by atoms with van der Waals surface area (Å²) in [6.45, 7) is 7.57. The van der Waals surface area contributed by atoms with Gasteiger partial charge in [-0.05, 0) is 42.8 Å². The zero-order valence-corrected chi connectivity index (χ0v) is 13.1. The highest BCUT2D eigenvalue weighted by Gasteiger charge is 2.19. The van der Waals surface area contributed by atoms with Crippen LogP contribution in [0.4, 0.5) is 0 Å². The van der Waals surface area contributed by atoms with Crippen molar-refractivity contribution < 1.29 is 5.11 Å². The number of nitrogens with zero attached hydrogens (tertiary/aromatic N) is 4. The minimum absolute atomic E-state index is 0.529. The molecule has 0 spiro atoms. The second-order valence-corrected chi connectivity index (χ2v) is 5.25. The van der Waals surface area contributed by atoms with Gasteiger partial charge < -0.3 is 5.11 Å². The molecule has 0 aliphatic rings. The Bertz CT molecular complexity index is 561. The Morgan fingerprint density at radius 1 is 1.32 bits per heavy atom. The molecule has 19 heavy (non-hydrogen) atoms. The lowest BCUT2D eigenvalue weighted by Crippen LogP contribution is -2.13. The first-order valence-corrected chi connectivity index (χ1v) is 7.29. The number of rotatable bonds is 5. The van der Waals surface area contributed by atoms with E-state index in [1.54, 1.807) is 6.20 Å². The van der Waals surface area contributed by atoms with Crippen LogP contribution in [0.5, 0.6) is 0 Å². The highest BCUT2D eigenvalue weighted by molar-refractivity contribution is 9.10. The van der Waals surface area contributed by atoms with Crippen molar-refractivity contribution in [2.45, 2.75) is 46.4 Å². The van der Waals surface area contributed by atoms with Crippen LogP contribution in [0.1, 0.15) is 37.0 Å². The lowest BCUT2D eigenvalue weighted by molar-refractivity contribution is 0.164. The Morgan fingerprint density at radius 3 is 2.63 bits per heavy atom. The van der Waals surface area contributed by atoms with E-state index in [9.17, 15) is 5.11 Å². The van der Waals surface area contributed by atoms with E-state index in [0.717, 1.165) is 34.6 Å². The summed E-state index contributed by atoms with van der Waals surface area (Å²) in [5.74, 6) is 0. The van der Waals surface area contributed by atoms with Crippen LogP contribution in [-0.2, 0) is 19.5 Å². The highest BCUT2D eigenvalue weighted by atomic mass is 79.9. The van der Waals surface area contributed by atoms with Gasteiger partial charge in [-0.15, -0.1) is 0 Å². The van der Waals surface area contributed by atoms with E-state index in [1.165, 1.54) is 0 Å². The maximum Gasteiger partial charge on any atom is 0.101 e. The molecule has 2 heterocycles. The van der Waals surface area contributed by atoms with Crippen molar-refractivity contribution in [3.63, 3.8) is 0 Å². The largest absolute Gasteiger partial charge is 0.386 e. The molecule has 6 heteroatoms. The first-order chi connectivity index (χ1) is 9.08. The SMILES string of the molecule is CCn1nccc1C(O)Cc1c(Br)c(C)nn1CC. The van der Waals surface area contributed by atoms with Crippen LogP contribution >= 0.6 is 15.9 Å². The van der Waals surface area contributed by atoms with E-state index in [1.807, 2.05) is 36.2 Å². The summed E-state index contributed by atoms with van der Waals surface area (Å²) >= 11 is 3.55. The first kappa shape index (κ1) is 14.3. The van der Waals surface area contributed by atoms with Crippen LogP contribution < -0.4 is 0 Å². The van der Waals surface area contributed by atoms with Crippen LogP contribution in [-0.4, -0.2) is 24.7 Å². The zero-order valence-electron chi connectivity index (χ0n) is 11.5. The lowest BCUT2D eigenvalue weighted by Gasteiger charge is -2.13. The van der Waals surface area contributed by atoms with E-state index in [-0.39, 0.29) is 0 Å². The van der Waals surface area contributed by atoms with Crippen molar-refractivity contribution in [3.05, 3.63) is 33.8 Å². The van der Waals surface area contributed by atoms with Crippen LogP contribution in [0, 0.1) is 6.92 Å². The predicted octanol–water partition coefficient (Wildman–Crippen LogP) is 2.47. The van der Waals surface area contributed by atoms with Crippen LogP contribution in [0.2, 0.25) is 0 Å². The number of aliphatic hydroxyl groups excluding tert-OH is 1. The van der Waals surface area contributed by atoms with Gasteiger partial charge >= 0.3 is 0 Å². The van der Waals surface area contributed by atoms with Gasteiger partial charge in [0.15, 0.2) is 0 Å². The Morgan fingerprint density at radius 2 is 2.00 bits per heavy atom. The maximum absolute atomic E-state index is 10.4. The Hall–Kier alpha value is -1.14. The van der Waals surface area contributed by atoms with Gasteiger partial charge in [0.05, 0.1) is 21.6 Å². The van der Waals surface area contributed by atoms with Gasteiger partial charge in [0.2, 0.25) is 0 Å². The quantitative estimate of drug-likeness (QED) is 0.918. The standard InChI is InChI=1S/C13H19BrN4O/c1-4-17-10(6-7-15-17)12(19)8-11-13(14)9(3)16-18(11)5-2/h6-7,12,19H,4-5,8H2,1-3H3. The molecule has 0 aromatic carbocycles. The van der Waals surface area contributed by atoms with E-state index in [0.29, 0.717) is 6.42 Å². The van der Waals surface area contributed by atoms with Crippen molar-refractivity contribution in [2.75, 3.05) is 0 Å². The molecule has 2 aromatic heterocycles. The van der Waals surface area contributed by atoms with E-state index >= 15 is 0 Å². The maximum atomic E-state index is 10.4. The summed E-state index contributed by atoms with van der Waals surface area (Å²) in [7, 11) is 0. The zero-order chi connectivity index (χ0) is 14.0. The number of hydrogen-bond acceptors (Lipinski definition) is 3. The minimum Gasteiger partial charge on any atom is -0.386 e. The monoisotopic (exact) mass is 326 g/mol. The van der Waals surface area contributed by atoms with Crippen molar-refractivity contribution in [3.8, 4) is 0 Å². The molecule has 0 fully saturated rings. The number of aromatic nitrogens is 4. The van der Waals surface area contributed by atoms with Gasteiger partial charge in [-0.1, -0.05) is 0 Å². The average Bonchev–Trinajstić information content (AvgIpc) is 2.98. The second kappa shape index (κ2) is 5.88. The van der Waals surface area contributed by atoms with Crippen LogP contribution in [0.3, 0.4) is 0 Å². The fraction of sp³-hybridized carbons (Fsp3) is 0.538. The van der Waals surface area contributed by atoms with Gasteiger partial charge in [0.1, 0.15) is 6.10 Å². The Labute approximate surface area is 121 Å². The minimum atomic E-state index is -0.569. The summed E-state index contributed by atoms with van der Waals surface area (Å²) in [6.07, 6.45) is 1.68. The number of halogens is 1. The van der Waals surface area contributed by atoms with Crippen molar-refractivity contribution >= 4 is 15.9 Å². The molecule has 2 rings (SSSR count). The summed E-state index contributed by atoms with van der Waals surface area (Å²) in [4.78, 5) is 0. The molecule has 0 aliphatic heterocycles. The summed E-state index contributed by atoms with van der Waals surface area (Å²) < 4.78 is 4.73. The third-order valence-electron chi connectivity index (χ3n) is 3.23. The van der Waals surface area contributed by atoms with Crippen molar-refractivity contribution in [1.82, 2.24) is 19.6 Å². The lowest BCUT2D eigenvalue weighted by atomic mass is 10.1. The number of aryl methyl sites for hydroxylation is 3. The third-order valence-corrected chi connectivity index (χ3v) is 4.26. The summed E-state index contributed by atoms with van der Waals surface area (Å²) in [6, 6.07) is 1.86. The molecule has 104 valence electrons. The molecule has 0 radical (unpaired) electrons. The first-order valence-electron chi connectivity index (χ1n) is 6.50. The Balaban J connectivity index is 2.26. The molecular formula is C13H19BrN4O. The van der Waals surface area contributed by atoms with Gasteiger partial charge in [-0.25, -0.2) is 0 Å². The van der Waals surface area contributed by atoms with Crippen LogP contribution in [0.15, 0.2) is 16.7 Å². The van der Waals surface area contributed by atoms with E-state index < -0.39 is 6.10 Å². The molecule has 5 nitrogen and oxygen atoms in total. The van der Waals surface area contributed by atoms with Crippen molar-refractivity contribution in [2.24, 2.45) is 0 Å². The van der Waals surface area contributed by atoms with Gasteiger partial charge in [0, 0.05) is 25.7 Å². The number of hydrogen-bond donors (Lipinski definition) is 1. The van der Waals surface area contributed by atoms with E-state index in [4.69, 9.17) is 0 Å².